The van der Waals surface area contributed by atoms with Gasteiger partial charge in [-0.25, -0.2) is 22.2 Å². The van der Waals surface area contributed by atoms with Gasteiger partial charge in [0.2, 0.25) is 0 Å². The third-order valence-corrected chi connectivity index (χ3v) is 13.4. The molecule has 7 nitrogen and oxygen atoms in total. The van der Waals surface area contributed by atoms with E-state index in [4.69, 9.17) is 15.5 Å². The molecule has 0 aromatic heterocycles. The lowest BCUT2D eigenvalue weighted by molar-refractivity contribution is 0.0826. The predicted octanol–water partition coefficient (Wildman–Crippen LogP) is 10.2. The second kappa shape index (κ2) is 17.3. The molecule has 0 radical (unpaired) electrons. The number of benzene rings is 4. The normalized spacial score (nSPS) is 18.4. The number of amidine groups is 1. The molecule has 2 fully saturated rings. The minimum atomic E-state index is -2.92. The van der Waals surface area contributed by atoms with E-state index < -0.39 is 9.84 Å². The van der Waals surface area contributed by atoms with Crippen LogP contribution in [0, 0.1) is 18.6 Å². The highest BCUT2D eigenvalue weighted by molar-refractivity contribution is 7.92. The molecular formula is C48H51F2N3O4S. The van der Waals surface area contributed by atoms with Crippen LogP contribution in [0.4, 0.5) is 14.5 Å². The van der Waals surface area contributed by atoms with Crippen LogP contribution >= 0.6 is 0 Å². The van der Waals surface area contributed by atoms with E-state index in [1.807, 2.05) is 69.3 Å². The van der Waals surface area contributed by atoms with Crippen molar-refractivity contribution in [1.29, 1.82) is 0 Å². The molecule has 3 aliphatic rings. The van der Waals surface area contributed by atoms with Crippen LogP contribution in [0.1, 0.15) is 73.8 Å². The number of rotatable bonds is 11. The molecule has 2 aliphatic heterocycles. The molecule has 1 aliphatic carbocycles. The van der Waals surface area contributed by atoms with Crippen molar-refractivity contribution in [2.75, 3.05) is 24.6 Å². The van der Waals surface area contributed by atoms with E-state index in [0.717, 1.165) is 66.6 Å². The number of halogens is 2. The fraction of sp³-hybridized carbons (Fsp3) is 0.312. The lowest BCUT2D eigenvalue weighted by Gasteiger charge is -2.41. The zero-order valence-electron chi connectivity index (χ0n) is 33.4. The number of aliphatic imine (C=N–C) groups is 1. The summed E-state index contributed by atoms with van der Waals surface area (Å²) in [5.74, 6) is 0.505. The summed E-state index contributed by atoms with van der Waals surface area (Å²) in [5.41, 5.74) is 15.1. The lowest BCUT2D eigenvalue weighted by Crippen LogP contribution is -2.56. The van der Waals surface area contributed by atoms with Crippen molar-refractivity contribution in [1.82, 2.24) is 4.90 Å². The summed E-state index contributed by atoms with van der Waals surface area (Å²) >= 11 is 0. The van der Waals surface area contributed by atoms with Crippen molar-refractivity contribution >= 4 is 33.0 Å². The molecule has 0 spiro atoms. The van der Waals surface area contributed by atoms with E-state index in [9.17, 15) is 17.9 Å². The molecule has 0 amide bonds. The molecule has 3 N–H and O–H groups in total. The number of allylic oxidation sites excluding steroid dienone is 2. The Bertz CT molecular complexity index is 2470. The summed E-state index contributed by atoms with van der Waals surface area (Å²) in [6, 6.07) is 22.8. The highest BCUT2D eigenvalue weighted by atomic mass is 32.2. The summed E-state index contributed by atoms with van der Waals surface area (Å²) in [6.07, 6.45) is 7.94. The van der Waals surface area contributed by atoms with Gasteiger partial charge in [-0.05, 0) is 134 Å². The van der Waals surface area contributed by atoms with Gasteiger partial charge < -0.3 is 15.6 Å². The molecule has 7 rings (SSSR count). The van der Waals surface area contributed by atoms with Gasteiger partial charge in [0.1, 0.15) is 35.1 Å². The van der Waals surface area contributed by atoms with Gasteiger partial charge in [-0.15, -0.1) is 0 Å². The van der Waals surface area contributed by atoms with E-state index in [2.05, 4.69) is 11.5 Å². The third-order valence-electron chi connectivity index (χ3n) is 11.6. The maximum atomic E-state index is 15.4. The Morgan fingerprint density at radius 1 is 0.966 bits per heavy atom. The summed E-state index contributed by atoms with van der Waals surface area (Å²) in [6.45, 7) is 11.6. The number of hydrogen-bond donors (Lipinski definition) is 2. The molecule has 58 heavy (non-hydrogen) atoms. The predicted molar refractivity (Wildman–Crippen MR) is 231 cm³/mol. The van der Waals surface area contributed by atoms with Crippen LogP contribution in [0.2, 0.25) is 0 Å². The average Bonchev–Trinajstić information content (AvgIpc) is 3.41. The molecule has 0 atom stereocenters. The molecule has 2 heterocycles. The van der Waals surface area contributed by atoms with Crippen LogP contribution in [0.3, 0.4) is 0 Å². The van der Waals surface area contributed by atoms with Crippen molar-refractivity contribution in [3.05, 3.63) is 153 Å². The summed E-state index contributed by atoms with van der Waals surface area (Å²) in [4.78, 5) is 7.00. The average molecular weight is 804 g/mol. The monoisotopic (exact) mass is 803 g/mol. The highest BCUT2D eigenvalue weighted by Gasteiger charge is 2.39. The van der Waals surface area contributed by atoms with Crippen LogP contribution < -0.4 is 10.5 Å². The number of piperidine rings is 1. The van der Waals surface area contributed by atoms with E-state index in [0.29, 0.717) is 57.7 Å². The van der Waals surface area contributed by atoms with Crippen LogP contribution in [-0.2, 0) is 16.3 Å². The Balaban J connectivity index is 1.22. The second-order valence-corrected chi connectivity index (χ2v) is 17.8. The lowest BCUT2D eigenvalue weighted by atomic mass is 9.95. The number of nitrogens with zero attached hydrogens (tertiary/aromatic N) is 2. The maximum Gasteiger partial charge on any atom is 0.153 e. The number of aryl methyl sites for hydroxylation is 2. The first-order valence-electron chi connectivity index (χ1n) is 20.0. The van der Waals surface area contributed by atoms with Gasteiger partial charge >= 0.3 is 0 Å². The highest BCUT2D eigenvalue weighted by Crippen LogP contribution is 2.40. The van der Waals surface area contributed by atoms with E-state index in [1.165, 1.54) is 12.1 Å². The number of ether oxygens (including phenoxy) is 1. The van der Waals surface area contributed by atoms with E-state index in [-0.39, 0.29) is 46.9 Å². The Morgan fingerprint density at radius 2 is 1.67 bits per heavy atom. The molecule has 0 unspecified atom stereocenters. The number of aliphatic hydroxyl groups is 1. The number of nitrogens with two attached hydrogens (primary N) is 1. The zero-order valence-corrected chi connectivity index (χ0v) is 34.2. The Kier molecular flexibility index (Phi) is 12.2. The second-order valence-electron chi connectivity index (χ2n) is 15.7. The van der Waals surface area contributed by atoms with Gasteiger partial charge in [0.25, 0.3) is 0 Å². The number of hydrogen-bond acceptors (Lipinski definition) is 6. The molecule has 2 saturated heterocycles. The molecule has 4 aromatic rings. The molecule has 302 valence electrons. The summed E-state index contributed by atoms with van der Waals surface area (Å²) in [7, 11) is -2.92. The molecule has 10 heteroatoms. The van der Waals surface area contributed by atoms with Crippen LogP contribution in [0.5, 0.6) is 5.75 Å². The van der Waals surface area contributed by atoms with Crippen LogP contribution in [0.15, 0.2) is 119 Å². The van der Waals surface area contributed by atoms with Crippen molar-refractivity contribution < 1.29 is 27.0 Å². The number of likely N-dealkylation sites (tertiary alicyclic amines) is 1. The molecule has 4 aromatic carbocycles. The van der Waals surface area contributed by atoms with Crippen molar-refractivity contribution in [2.45, 2.75) is 71.4 Å². The van der Waals surface area contributed by atoms with E-state index >= 15 is 4.39 Å². The van der Waals surface area contributed by atoms with Gasteiger partial charge in [0.05, 0.1) is 22.8 Å². The number of fused-ring (bicyclic) bond motifs is 1. The minimum Gasteiger partial charge on any atom is -0.507 e. The van der Waals surface area contributed by atoms with Gasteiger partial charge in [0.15, 0.2) is 9.84 Å². The Labute approximate surface area is 340 Å². The van der Waals surface area contributed by atoms with Crippen molar-refractivity contribution in [3.63, 3.8) is 0 Å². The fourth-order valence-electron chi connectivity index (χ4n) is 8.07. The fourth-order valence-corrected chi connectivity index (χ4v) is 9.57. The number of sulfone groups is 1. The van der Waals surface area contributed by atoms with E-state index in [1.54, 1.807) is 30.3 Å². The van der Waals surface area contributed by atoms with Gasteiger partial charge in [0, 0.05) is 35.8 Å². The van der Waals surface area contributed by atoms with Crippen LogP contribution in [0.25, 0.3) is 22.8 Å². The first-order chi connectivity index (χ1) is 27.8. The SMILES string of the molecule is C=C(c1ccc(N=C(N)C(/C=C(/C)CC)=C(O)C2=Cc3cc(OC4CCN(C5CS(=O)(=O)C5)CC4)c(-c4ccccc4F)cc3CCC2)cc1C)c1ccccc1F. The number of aliphatic hydroxyl groups excluding tert-OH is 1. The van der Waals surface area contributed by atoms with Crippen LogP contribution in [-0.4, -0.2) is 61.0 Å². The van der Waals surface area contributed by atoms with Gasteiger partial charge in [-0.2, -0.15) is 0 Å². The summed E-state index contributed by atoms with van der Waals surface area (Å²) < 4.78 is 60.3. The molecule has 0 saturated carbocycles. The van der Waals surface area contributed by atoms with Gasteiger partial charge in [-0.3, -0.25) is 4.90 Å². The Hall–Kier alpha value is -5.32. The zero-order chi connectivity index (χ0) is 41.1. The van der Waals surface area contributed by atoms with Crippen molar-refractivity contribution in [3.8, 4) is 16.9 Å². The first-order valence-corrected chi connectivity index (χ1v) is 21.9. The standard InChI is InChI=1S/C48H51F2N3O4S/c1-5-30(2)23-43(48(51)52-36-17-18-39(31(3)24-36)32(4)40-13-6-8-15-44(40)49)47(54)34-12-10-11-33-26-42(41-14-7-9-16-45(41)50)46(27-35(33)25-34)57-38-19-21-53(22-20-38)37-28-58(55,56)29-37/h6-9,13-18,23-27,37-38,54H,4-5,10-12,19-22,28-29H2,1-3H3,(H2,51,52)/b30-23-,47-43?. The van der Waals surface area contributed by atoms with Gasteiger partial charge in [-0.1, -0.05) is 61.5 Å². The molecular weight excluding hydrogens is 753 g/mol. The minimum absolute atomic E-state index is 0.0363. The Morgan fingerprint density at radius 3 is 2.34 bits per heavy atom. The maximum absolute atomic E-state index is 15.4. The largest absolute Gasteiger partial charge is 0.507 e. The molecule has 0 bridgehead atoms. The first kappa shape index (κ1) is 40.9. The smallest absolute Gasteiger partial charge is 0.153 e. The summed E-state index contributed by atoms with van der Waals surface area (Å²) in [5, 5.41) is 12.1. The third kappa shape index (κ3) is 9.03. The quantitative estimate of drug-likeness (QED) is 0.0677. The topological polar surface area (TPSA) is 105 Å². The van der Waals surface area contributed by atoms with Crippen molar-refractivity contribution in [2.24, 2.45) is 10.7 Å².